The number of imidazole rings is 1. The first-order valence-electron chi connectivity index (χ1n) is 11.4. The molecular formula is C26H33N3O4S. The minimum Gasteiger partial charge on any atom is -0.383 e. The molecule has 2 aromatic carbocycles. The molecule has 1 aromatic heterocycles. The van der Waals surface area contributed by atoms with Gasteiger partial charge in [-0.15, -0.1) is 0 Å². The molecule has 0 spiro atoms. The maximum absolute atomic E-state index is 13.3. The van der Waals surface area contributed by atoms with Crippen molar-refractivity contribution in [1.82, 2.24) is 14.5 Å². The SMILES string of the molecule is COCCN(Cc1cnc(S(=O)(=O)Cc2ccccc2)n1CC(C)C)C(=O)c1ccc(C)cc1. The Kier molecular flexibility index (Phi) is 8.63. The van der Waals surface area contributed by atoms with Crippen LogP contribution in [0.2, 0.25) is 0 Å². The highest BCUT2D eigenvalue weighted by atomic mass is 32.2. The molecule has 0 aliphatic rings. The molecule has 0 aliphatic carbocycles. The fraction of sp³-hybridized carbons (Fsp3) is 0.385. The molecule has 0 atom stereocenters. The van der Waals surface area contributed by atoms with E-state index in [-0.39, 0.29) is 29.3 Å². The van der Waals surface area contributed by atoms with Gasteiger partial charge in [0.1, 0.15) is 0 Å². The Balaban J connectivity index is 1.94. The molecule has 0 saturated heterocycles. The highest BCUT2D eigenvalue weighted by Crippen LogP contribution is 2.21. The van der Waals surface area contributed by atoms with E-state index >= 15 is 0 Å². The summed E-state index contributed by atoms with van der Waals surface area (Å²) in [4.78, 5) is 19.3. The Morgan fingerprint density at radius 3 is 2.38 bits per heavy atom. The lowest BCUT2D eigenvalue weighted by atomic mass is 10.1. The van der Waals surface area contributed by atoms with Crippen molar-refractivity contribution in [3.63, 3.8) is 0 Å². The molecule has 182 valence electrons. The van der Waals surface area contributed by atoms with Gasteiger partial charge in [0.2, 0.25) is 15.0 Å². The molecule has 3 rings (SSSR count). The highest BCUT2D eigenvalue weighted by Gasteiger charge is 2.26. The summed E-state index contributed by atoms with van der Waals surface area (Å²) in [5, 5.41) is 0.0366. The molecule has 0 fully saturated rings. The lowest BCUT2D eigenvalue weighted by Gasteiger charge is -2.24. The fourth-order valence-corrected chi connectivity index (χ4v) is 5.21. The average Bonchev–Trinajstić information content (AvgIpc) is 3.19. The number of hydrogen-bond donors (Lipinski definition) is 0. The standard InChI is InChI=1S/C26H33N3O4S/c1-20(2)17-29-24(16-27-26(29)34(31,32)19-22-8-6-5-7-9-22)18-28(14-15-33-4)25(30)23-12-10-21(3)11-13-23/h5-13,16,20H,14-15,17-19H2,1-4H3. The molecule has 0 N–H and O–H groups in total. The smallest absolute Gasteiger partial charge is 0.254 e. The van der Waals surface area contributed by atoms with Crippen LogP contribution in [0.1, 0.15) is 41.0 Å². The molecule has 3 aromatic rings. The van der Waals surface area contributed by atoms with Crippen molar-refractivity contribution in [3.05, 3.63) is 83.2 Å². The summed E-state index contributed by atoms with van der Waals surface area (Å²) in [6.07, 6.45) is 1.57. The molecule has 0 bridgehead atoms. The molecule has 34 heavy (non-hydrogen) atoms. The summed E-state index contributed by atoms with van der Waals surface area (Å²) in [7, 11) is -2.09. The van der Waals surface area contributed by atoms with Crippen LogP contribution in [0.3, 0.4) is 0 Å². The molecule has 0 unspecified atom stereocenters. The van der Waals surface area contributed by atoms with Crippen molar-refractivity contribution >= 4 is 15.7 Å². The number of carbonyl (C=O) groups excluding carboxylic acids is 1. The van der Waals surface area contributed by atoms with Crippen LogP contribution in [-0.2, 0) is 33.4 Å². The summed E-state index contributed by atoms with van der Waals surface area (Å²) >= 11 is 0. The van der Waals surface area contributed by atoms with E-state index in [0.717, 1.165) is 5.56 Å². The predicted molar refractivity (Wildman–Crippen MR) is 132 cm³/mol. The average molecular weight is 484 g/mol. The maximum atomic E-state index is 13.3. The predicted octanol–water partition coefficient (Wildman–Crippen LogP) is 4.11. The first kappa shape index (κ1) is 25.6. The van der Waals surface area contributed by atoms with Crippen LogP contribution in [0.4, 0.5) is 0 Å². The minimum absolute atomic E-state index is 0.0366. The number of ether oxygens (including phenoxy) is 1. The number of hydrogen-bond acceptors (Lipinski definition) is 5. The second-order valence-corrected chi connectivity index (χ2v) is 10.8. The van der Waals surface area contributed by atoms with E-state index in [2.05, 4.69) is 4.98 Å². The molecular weight excluding hydrogens is 450 g/mol. The summed E-state index contributed by atoms with van der Waals surface area (Å²) in [6.45, 7) is 7.48. The van der Waals surface area contributed by atoms with Crippen molar-refractivity contribution in [2.45, 2.75) is 44.8 Å². The van der Waals surface area contributed by atoms with Gasteiger partial charge in [-0.3, -0.25) is 4.79 Å². The molecule has 8 heteroatoms. The van der Waals surface area contributed by atoms with Gasteiger partial charge in [0, 0.05) is 25.8 Å². The Morgan fingerprint density at radius 1 is 1.09 bits per heavy atom. The van der Waals surface area contributed by atoms with Crippen LogP contribution in [0, 0.1) is 12.8 Å². The van der Waals surface area contributed by atoms with Crippen molar-refractivity contribution < 1.29 is 17.9 Å². The Bertz CT molecular complexity index is 1190. The third-order valence-corrected chi connectivity index (χ3v) is 7.03. The number of aryl methyl sites for hydroxylation is 1. The number of rotatable bonds is 11. The van der Waals surface area contributed by atoms with Crippen LogP contribution in [0.15, 0.2) is 66.0 Å². The Morgan fingerprint density at radius 2 is 1.76 bits per heavy atom. The number of methoxy groups -OCH3 is 1. The number of benzene rings is 2. The summed E-state index contributed by atoms with van der Waals surface area (Å²) in [5.41, 5.74) is 3.04. The molecule has 7 nitrogen and oxygen atoms in total. The van der Waals surface area contributed by atoms with Gasteiger partial charge in [0.05, 0.1) is 30.8 Å². The zero-order chi connectivity index (χ0) is 24.7. The van der Waals surface area contributed by atoms with E-state index in [0.29, 0.717) is 36.5 Å². The van der Waals surface area contributed by atoms with E-state index < -0.39 is 9.84 Å². The number of amides is 1. The van der Waals surface area contributed by atoms with Gasteiger partial charge in [0.25, 0.3) is 5.91 Å². The van der Waals surface area contributed by atoms with Crippen molar-refractivity contribution in [2.24, 2.45) is 5.92 Å². The van der Waals surface area contributed by atoms with Crippen LogP contribution >= 0.6 is 0 Å². The lowest BCUT2D eigenvalue weighted by Crippen LogP contribution is -2.34. The zero-order valence-electron chi connectivity index (χ0n) is 20.3. The van der Waals surface area contributed by atoms with Gasteiger partial charge in [-0.2, -0.15) is 0 Å². The normalized spacial score (nSPS) is 11.7. The third-order valence-electron chi connectivity index (χ3n) is 5.43. The summed E-state index contributed by atoms with van der Waals surface area (Å²) in [6, 6.07) is 16.5. The van der Waals surface area contributed by atoms with Gasteiger partial charge in [-0.05, 0) is 30.5 Å². The van der Waals surface area contributed by atoms with Crippen LogP contribution in [-0.4, -0.2) is 49.0 Å². The van der Waals surface area contributed by atoms with E-state index in [9.17, 15) is 13.2 Å². The minimum atomic E-state index is -3.67. The van der Waals surface area contributed by atoms with Gasteiger partial charge >= 0.3 is 0 Å². The number of carbonyl (C=O) groups is 1. The third kappa shape index (κ3) is 6.55. The number of nitrogens with zero attached hydrogens (tertiary/aromatic N) is 3. The zero-order valence-corrected chi connectivity index (χ0v) is 21.1. The van der Waals surface area contributed by atoms with Gasteiger partial charge in [-0.1, -0.05) is 61.9 Å². The first-order valence-corrected chi connectivity index (χ1v) is 13.0. The largest absolute Gasteiger partial charge is 0.383 e. The Labute approximate surface area is 202 Å². The van der Waals surface area contributed by atoms with E-state index in [1.165, 1.54) is 0 Å². The lowest BCUT2D eigenvalue weighted by molar-refractivity contribution is 0.0675. The highest BCUT2D eigenvalue weighted by molar-refractivity contribution is 7.90. The monoisotopic (exact) mass is 483 g/mol. The molecule has 0 aliphatic heterocycles. The van der Waals surface area contributed by atoms with E-state index in [1.807, 2.05) is 51.1 Å². The quantitative estimate of drug-likeness (QED) is 0.410. The molecule has 1 heterocycles. The number of sulfone groups is 1. The first-order chi connectivity index (χ1) is 16.2. The number of aromatic nitrogens is 2. The van der Waals surface area contributed by atoms with Crippen molar-refractivity contribution in [2.75, 3.05) is 20.3 Å². The van der Waals surface area contributed by atoms with Crippen LogP contribution in [0.25, 0.3) is 0 Å². The second kappa shape index (κ2) is 11.4. The molecule has 1 amide bonds. The second-order valence-electron chi connectivity index (χ2n) is 8.87. The van der Waals surface area contributed by atoms with Crippen LogP contribution in [0.5, 0.6) is 0 Å². The Hall–Kier alpha value is -2.97. The maximum Gasteiger partial charge on any atom is 0.254 e. The van der Waals surface area contributed by atoms with Crippen molar-refractivity contribution in [3.8, 4) is 0 Å². The molecule has 0 saturated carbocycles. The summed E-state index contributed by atoms with van der Waals surface area (Å²) in [5.74, 6) is -0.0696. The van der Waals surface area contributed by atoms with Crippen LogP contribution < -0.4 is 0 Å². The summed E-state index contributed by atoms with van der Waals surface area (Å²) < 4.78 is 33.5. The van der Waals surface area contributed by atoms with Gasteiger partial charge in [0.15, 0.2) is 0 Å². The van der Waals surface area contributed by atoms with E-state index in [4.69, 9.17) is 4.74 Å². The van der Waals surface area contributed by atoms with Crippen molar-refractivity contribution in [1.29, 1.82) is 0 Å². The van der Waals surface area contributed by atoms with Gasteiger partial charge in [-0.25, -0.2) is 13.4 Å². The fourth-order valence-electron chi connectivity index (χ4n) is 3.71. The van der Waals surface area contributed by atoms with E-state index in [1.54, 1.807) is 47.0 Å². The topological polar surface area (TPSA) is 81.5 Å². The molecule has 0 radical (unpaired) electrons. The van der Waals surface area contributed by atoms with Gasteiger partial charge < -0.3 is 14.2 Å².